The van der Waals surface area contributed by atoms with Crippen LogP contribution in [0.5, 0.6) is 0 Å². The zero-order valence-electron chi connectivity index (χ0n) is 17.5. The van der Waals surface area contributed by atoms with Gasteiger partial charge in [-0.25, -0.2) is 4.98 Å². The summed E-state index contributed by atoms with van der Waals surface area (Å²) in [6.45, 7) is 6.82. The van der Waals surface area contributed by atoms with E-state index in [4.69, 9.17) is 4.42 Å². The second-order valence-electron chi connectivity index (χ2n) is 7.81. The number of nitrogens with one attached hydrogen (secondary N) is 1. The number of piperazine rings is 1. The molecule has 1 aromatic carbocycles. The van der Waals surface area contributed by atoms with Gasteiger partial charge in [-0.1, -0.05) is 36.4 Å². The Kier molecular flexibility index (Phi) is 6.62. The molecule has 1 amide bonds. The molecule has 3 heterocycles. The Bertz CT molecular complexity index is 947. The highest BCUT2D eigenvalue weighted by molar-refractivity contribution is 7.13. The van der Waals surface area contributed by atoms with E-state index in [0.29, 0.717) is 17.3 Å². The van der Waals surface area contributed by atoms with Crippen molar-refractivity contribution < 1.29 is 9.21 Å². The minimum Gasteiger partial charge on any atom is -0.440 e. The molecule has 1 fully saturated rings. The zero-order chi connectivity index (χ0) is 20.9. The third kappa shape index (κ3) is 5.16. The van der Waals surface area contributed by atoms with E-state index in [1.54, 1.807) is 11.3 Å². The highest BCUT2D eigenvalue weighted by Crippen LogP contribution is 2.26. The molecule has 0 bridgehead atoms. The van der Waals surface area contributed by atoms with Crippen LogP contribution in [0, 0.1) is 6.92 Å². The van der Waals surface area contributed by atoms with Crippen molar-refractivity contribution >= 4 is 17.2 Å². The van der Waals surface area contributed by atoms with E-state index in [0.717, 1.165) is 43.2 Å². The topological polar surface area (TPSA) is 61.6 Å². The number of carbonyl (C=O) groups is 1. The first-order valence-corrected chi connectivity index (χ1v) is 11.2. The zero-order valence-corrected chi connectivity index (χ0v) is 18.3. The molecule has 1 aliphatic rings. The first-order valence-electron chi connectivity index (χ1n) is 10.3. The molecule has 3 aromatic rings. The molecule has 6 nitrogen and oxygen atoms in total. The number of aromatic nitrogens is 1. The number of oxazole rings is 1. The van der Waals surface area contributed by atoms with E-state index in [9.17, 15) is 4.79 Å². The summed E-state index contributed by atoms with van der Waals surface area (Å²) < 4.78 is 5.79. The molecular weight excluding hydrogens is 396 g/mol. The third-order valence-electron chi connectivity index (χ3n) is 5.53. The van der Waals surface area contributed by atoms with Crippen LogP contribution in [0.1, 0.15) is 23.1 Å². The van der Waals surface area contributed by atoms with Crippen LogP contribution in [0.4, 0.5) is 0 Å². The molecule has 2 aromatic heterocycles. The molecule has 0 spiro atoms. The molecule has 1 saturated heterocycles. The highest BCUT2D eigenvalue weighted by Gasteiger charge is 2.22. The van der Waals surface area contributed by atoms with Gasteiger partial charge in [0.05, 0.1) is 23.0 Å². The number of amides is 1. The Morgan fingerprint density at radius 2 is 1.93 bits per heavy atom. The van der Waals surface area contributed by atoms with Crippen LogP contribution in [-0.4, -0.2) is 60.5 Å². The van der Waals surface area contributed by atoms with Crippen molar-refractivity contribution in [3.63, 3.8) is 0 Å². The van der Waals surface area contributed by atoms with Crippen LogP contribution < -0.4 is 5.32 Å². The van der Waals surface area contributed by atoms with Crippen molar-refractivity contribution in [2.75, 3.05) is 39.8 Å². The molecule has 30 heavy (non-hydrogen) atoms. The summed E-state index contributed by atoms with van der Waals surface area (Å²) in [4.78, 5) is 23.2. The summed E-state index contributed by atoms with van der Waals surface area (Å²) in [7, 11) is 2.15. The lowest BCUT2D eigenvalue weighted by Crippen LogP contribution is -2.48. The molecule has 7 heteroatoms. The molecule has 1 N–H and O–H groups in total. The maximum Gasteiger partial charge on any atom is 0.236 e. The van der Waals surface area contributed by atoms with E-state index in [1.807, 2.05) is 42.6 Å². The number of carbonyl (C=O) groups excluding carboxylic acids is 1. The second kappa shape index (κ2) is 9.55. The standard InChI is InChI=1S/C23H28N4O2S/c1-17-19(25-23(29-17)21-9-6-14-30-21)15-22(28)24-20(18-7-4-3-5-8-18)16-27-12-10-26(2)11-13-27/h3-9,14,20H,10-13,15-16H2,1-2H3,(H,24,28). The van der Waals surface area contributed by atoms with Gasteiger partial charge in [-0.05, 0) is 31.0 Å². The predicted molar refractivity (Wildman–Crippen MR) is 120 cm³/mol. The molecule has 158 valence electrons. The van der Waals surface area contributed by atoms with Gasteiger partial charge in [-0.15, -0.1) is 11.3 Å². The number of thiophene rings is 1. The molecule has 0 radical (unpaired) electrons. The van der Waals surface area contributed by atoms with Crippen LogP contribution in [0.2, 0.25) is 0 Å². The average molecular weight is 425 g/mol. The number of nitrogens with zero attached hydrogens (tertiary/aromatic N) is 3. The first kappa shape index (κ1) is 20.8. The van der Waals surface area contributed by atoms with E-state index in [2.05, 4.69) is 39.3 Å². The largest absolute Gasteiger partial charge is 0.440 e. The number of aryl methyl sites for hydroxylation is 1. The van der Waals surface area contributed by atoms with Gasteiger partial charge in [0.2, 0.25) is 11.8 Å². The molecule has 1 unspecified atom stereocenters. The maximum atomic E-state index is 12.9. The van der Waals surface area contributed by atoms with Crippen molar-refractivity contribution in [3.05, 3.63) is 64.9 Å². The quantitative estimate of drug-likeness (QED) is 0.630. The number of likely N-dealkylation sites (N-methyl/N-ethyl adjacent to an activating group) is 1. The van der Waals surface area contributed by atoms with Gasteiger partial charge >= 0.3 is 0 Å². The first-order chi connectivity index (χ1) is 14.6. The second-order valence-corrected chi connectivity index (χ2v) is 8.76. The summed E-state index contributed by atoms with van der Waals surface area (Å²) in [6.07, 6.45) is 0.215. The Hall–Kier alpha value is -2.48. The van der Waals surface area contributed by atoms with Gasteiger partial charge in [0.1, 0.15) is 5.76 Å². The maximum absolute atomic E-state index is 12.9. The lowest BCUT2D eigenvalue weighted by Gasteiger charge is -2.35. The van der Waals surface area contributed by atoms with Gasteiger partial charge in [0.15, 0.2) is 0 Å². The van der Waals surface area contributed by atoms with Gasteiger partial charge in [-0.2, -0.15) is 0 Å². The summed E-state index contributed by atoms with van der Waals surface area (Å²) >= 11 is 1.58. The number of benzene rings is 1. The minimum absolute atomic E-state index is 0.0351. The fourth-order valence-electron chi connectivity index (χ4n) is 3.70. The highest BCUT2D eigenvalue weighted by atomic mass is 32.1. The van der Waals surface area contributed by atoms with Crippen LogP contribution in [0.15, 0.2) is 52.3 Å². The van der Waals surface area contributed by atoms with Crippen LogP contribution in [-0.2, 0) is 11.2 Å². The Morgan fingerprint density at radius 1 is 1.17 bits per heavy atom. The Labute approximate surface area is 181 Å². The van der Waals surface area contributed by atoms with Crippen LogP contribution >= 0.6 is 11.3 Å². The van der Waals surface area contributed by atoms with Crippen molar-refractivity contribution in [1.29, 1.82) is 0 Å². The lowest BCUT2D eigenvalue weighted by molar-refractivity contribution is -0.121. The van der Waals surface area contributed by atoms with Crippen molar-refractivity contribution in [2.45, 2.75) is 19.4 Å². The Morgan fingerprint density at radius 3 is 2.63 bits per heavy atom. The summed E-state index contributed by atoms with van der Waals surface area (Å²) in [5.74, 6) is 1.25. The van der Waals surface area contributed by atoms with Gasteiger partial charge in [0.25, 0.3) is 0 Å². The molecule has 4 rings (SSSR count). The van der Waals surface area contributed by atoms with E-state index < -0.39 is 0 Å². The van der Waals surface area contributed by atoms with Crippen LogP contribution in [0.3, 0.4) is 0 Å². The number of hydrogen-bond donors (Lipinski definition) is 1. The monoisotopic (exact) mass is 424 g/mol. The third-order valence-corrected chi connectivity index (χ3v) is 6.38. The SMILES string of the molecule is Cc1oc(-c2cccs2)nc1CC(=O)NC(CN1CCN(C)CC1)c1ccccc1. The summed E-state index contributed by atoms with van der Waals surface area (Å²) in [5, 5.41) is 5.23. The number of rotatable bonds is 7. The van der Waals surface area contributed by atoms with E-state index >= 15 is 0 Å². The van der Waals surface area contributed by atoms with E-state index in [-0.39, 0.29) is 18.4 Å². The fourth-order valence-corrected chi connectivity index (χ4v) is 4.35. The molecular formula is C23H28N4O2S. The summed E-state index contributed by atoms with van der Waals surface area (Å²) in [6, 6.07) is 14.1. The van der Waals surface area contributed by atoms with Gasteiger partial charge in [0, 0.05) is 32.7 Å². The van der Waals surface area contributed by atoms with Crippen LogP contribution in [0.25, 0.3) is 10.8 Å². The Balaban J connectivity index is 1.44. The van der Waals surface area contributed by atoms with Crippen molar-refractivity contribution in [2.24, 2.45) is 0 Å². The predicted octanol–water partition coefficient (Wildman–Crippen LogP) is 3.36. The van der Waals surface area contributed by atoms with Crippen molar-refractivity contribution in [1.82, 2.24) is 20.1 Å². The van der Waals surface area contributed by atoms with E-state index in [1.165, 1.54) is 0 Å². The lowest BCUT2D eigenvalue weighted by atomic mass is 10.1. The fraction of sp³-hybridized carbons (Fsp3) is 0.391. The minimum atomic E-state index is -0.0499. The molecule has 0 saturated carbocycles. The average Bonchev–Trinajstić information content (AvgIpc) is 3.40. The van der Waals surface area contributed by atoms with Gasteiger partial charge in [-0.3, -0.25) is 9.69 Å². The number of hydrogen-bond acceptors (Lipinski definition) is 6. The smallest absolute Gasteiger partial charge is 0.236 e. The molecule has 1 atom stereocenters. The van der Waals surface area contributed by atoms with Crippen molar-refractivity contribution in [3.8, 4) is 10.8 Å². The molecule has 1 aliphatic heterocycles. The molecule has 0 aliphatic carbocycles. The normalized spacial score (nSPS) is 16.5. The van der Waals surface area contributed by atoms with Gasteiger partial charge < -0.3 is 14.6 Å². The summed E-state index contributed by atoms with van der Waals surface area (Å²) in [5.41, 5.74) is 1.82.